The van der Waals surface area contributed by atoms with Gasteiger partial charge in [-0.1, -0.05) is 11.2 Å². The summed E-state index contributed by atoms with van der Waals surface area (Å²) in [4.78, 5) is 20.7. The van der Waals surface area contributed by atoms with Crippen LogP contribution >= 0.6 is 11.6 Å². The van der Waals surface area contributed by atoms with Gasteiger partial charge >= 0.3 is 0 Å². The maximum Gasteiger partial charge on any atom is 0.229 e. The van der Waals surface area contributed by atoms with Crippen molar-refractivity contribution < 1.29 is 9.32 Å². The Labute approximate surface area is 140 Å². The molecule has 3 heterocycles. The van der Waals surface area contributed by atoms with Crippen molar-refractivity contribution in [2.45, 2.75) is 19.9 Å². The number of halogens is 1. The highest BCUT2D eigenvalue weighted by Crippen LogP contribution is 2.20. The second-order valence-corrected chi connectivity index (χ2v) is 6.06. The molecule has 0 unspecified atom stereocenters. The lowest BCUT2D eigenvalue weighted by molar-refractivity contribution is -0.132. The van der Waals surface area contributed by atoms with Gasteiger partial charge in [0.25, 0.3) is 0 Å². The zero-order valence-corrected chi connectivity index (χ0v) is 13.8. The minimum absolute atomic E-state index is 0.0687. The van der Waals surface area contributed by atoms with E-state index in [2.05, 4.69) is 21.1 Å². The van der Waals surface area contributed by atoms with Crippen LogP contribution in [-0.4, -0.2) is 52.0 Å². The van der Waals surface area contributed by atoms with E-state index in [-0.39, 0.29) is 17.5 Å². The van der Waals surface area contributed by atoms with Gasteiger partial charge in [0.05, 0.1) is 12.1 Å². The Bertz CT molecular complexity index is 646. The predicted octanol–water partition coefficient (Wildman–Crippen LogP) is 1.92. The summed E-state index contributed by atoms with van der Waals surface area (Å²) < 4.78 is 4.90. The van der Waals surface area contributed by atoms with Crippen LogP contribution in [-0.2, 0) is 17.8 Å². The van der Waals surface area contributed by atoms with Gasteiger partial charge in [0.1, 0.15) is 0 Å². The van der Waals surface area contributed by atoms with Crippen molar-refractivity contribution >= 4 is 17.5 Å². The minimum Gasteiger partial charge on any atom is -0.344 e. The average Bonchev–Trinajstić information content (AvgIpc) is 2.88. The molecule has 3 rings (SSSR count). The molecular weight excluding hydrogens is 316 g/mol. The second-order valence-electron chi connectivity index (χ2n) is 5.72. The Morgan fingerprint density at radius 3 is 2.74 bits per heavy atom. The Kier molecular flexibility index (Phi) is 4.93. The van der Waals surface area contributed by atoms with Gasteiger partial charge in [0.15, 0.2) is 0 Å². The molecule has 0 aliphatic carbocycles. The van der Waals surface area contributed by atoms with Gasteiger partial charge in [-0.3, -0.25) is 14.7 Å². The standard InChI is InChI=1S/C16H19ClN4O2/c1-12-14(16(17)23-19-12)9-15(22)21-7-5-20(6-8-21)11-13-3-2-4-18-10-13/h2-4,10H,5-9,11H2,1H3. The summed E-state index contributed by atoms with van der Waals surface area (Å²) in [6.45, 7) is 5.83. The van der Waals surface area contributed by atoms with Gasteiger partial charge in [-0.2, -0.15) is 0 Å². The van der Waals surface area contributed by atoms with Gasteiger partial charge < -0.3 is 9.42 Å². The number of hydrogen-bond donors (Lipinski definition) is 0. The van der Waals surface area contributed by atoms with Crippen LogP contribution in [0.2, 0.25) is 5.22 Å². The summed E-state index contributed by atoms with van der Waals surface area (Å²) >= 11 is 5.93. The monoisotopic (exact) mass is 334 g/mol. The Hall–Kier alpha value is -1.92. The number of carbonyl (C=O) groups excluding carboxylic acids is 1. The molecule has 0 saturated carbocycles. The maximum atomic E-state index is 12.4. The highest BCUT2D eigenvalue weighted by molar-refractivity contribution is 6.29. The summed E-state index contributed by atoms with van der Waals surface area (Å²) in [7, 11) is 0. The van der Waals surface area contributed by atoms with Crippen molar-refractivity contribution in [3.05, 3.63) is 46.6 Å². The van der Waals surface area contributed by atoms with E-state index < -0.39 is 0 Å². The van der Waals surface area contributed by atoms with Crippen molar-refractivity contribution in [3.8, 4) is 0 Å². The molecule has 2 aromatic heterocycles. The van der Waals surface area contributed by atoms with E-state index in [0.29, 0.717) is 11.3 Å². The van der Waals surface area contributed by atoms with Gasteiger partial charge in [-0.25, -0.2) is 0 Å². The molecule has 7 heteroatoms. The minimum atomic E-state index is 0.0687. The summed E-state index contributed by atoms with van der Waals surface area (Å²) in [6.07, 6.45) is 3.91. The lowest BCUT2D eigenvalue weighted by Gasteiger charge is -2.34. The van der Waals surface area contributed by atoms with E-state index in [1.54, 1.807) is 13.1 Å². The summed E-state index contributed by atoms with van der Waals surface area (Å²) in [5.41, 5.74) is 2.56. The molecular formula is C16H19ClN4O2. The van der Waals surface area contributed by atoms with Crippen molar-refractivity contribution in [1.82, 2.24) is 19.9 Å². The summed E-state index contributed by atoms with van der Waals surface area (Å²) in [6, 6.07) is 4.02. The van der Waals surface area contributed by atoms with Crippen molar-refractivity contribution in [3.63, 3.8) is 0 Å². The van der Waals surface area contributed by atoms with E-state index in [1.807, 2.05) is 17.2 Å². The molecule has 23 heavy (non-hydrogen) atoms. The van der Waals surface area contributed by atoms with Crippen molar-refractivity contribution in [1.29, 1.82) is 0 Å². The SMILES string of the molecule is Cc1noc(Cl)c1CC(=O)N1CCN(Cc2cccnc2)CC1. The molecule has 0 bridgehead atoms. The second kappa shape index (κ2) is 7.10. The largest absolute Gasteiger partial charge is 0.344 e. The molecule has 0 spiro atoms. The number of piperazine rings is 1. The first-order valence-electron chi connectivity index (χ1n) is 7.63. The zero-order chi connectivity index (χ0) is 16.2. The topological polar surface area (TPSA) is 62.5 Å². The summed E-state index contributed by atoms with van der Waals surface area (Å²) in [5.74, 6) is 0.0687. The number of amides is 1. The third-order valence-corrected chi connectivity index (χ3v) is 4.42. The van der Waals surface area contributed by atoms with Crippen LogP contribution in [0.15, 0.2) is 29.0 Å². The van der Waals surface area contributed by atoms with Crippen LogP contribution in [0.25, 0.3) is 0 Å². The molecule has 2 aromatic rings. The van der Waals surface area contributed by atoms with Crippen molar-refractivity contribution in [2.75, 3.05) is 26.2 Å². The van der Waals surface area contributed by atoms with Crippen LogP contribution in [0.4, 0.5) is 0 Å². The first-order valence-corrected chi connectivity index (χ1v) is 8.01. The van der Waals surface area contributed by atoms with Crippen LogP contribution in [0, 0.1) is 6.92 Å². The normalized spacial score (nSPS) is 15.8. The number of aromatic nitrogens is 2. The molecule has 1 saturated heterocycles. The maximum absolute atomic E-state index is 12.4. The van der Waals surface area contributed by atoms with E-state index in [4.69, 9.17) is 16.1 Å². The van der Waals surface area contributed by atoms with Gasteiger partial charge in [0, 0.05) is 50.7 Å². The fourth-order valence-corrected chi connectivity index (χ4v) is 2.96. The number of nitrogens with zero attached hydrogens (tertiary/aromatic N) is 4. The van der Waals surface area contributed by atoms with Crippen molar-refractivity contribution in [2.24, 2.45) is 0 Å². The zero-order valence-electron chi connectivity index (χ0n) is 13.0. The Morgan fingerprint density at radius 2 is 2.13 bits per heavy atom. The smallest absolute Gasteiger partial charge is 0.229 e. The number of carbonyl (C=O) groups is 1. The third kappa shape index (κ3) is 3.89. The molecule has 6 nitrogen and oxygen atoms in total. The van der Waals surface area contributed by atoms with E-state index in [9.17, 15) is 4.79 Å². The van der Waals surface area contributed by atoms with Crippen LogP contribution in [0.5, 0.6) is 0 Å². The van der Waals surface area contributed by atoms with E-state index in [1.165, 1.54) is 5.56 Å². The lowest BCUT2D eigenvalue weighted by Crippen LogP contribution is -2.48. The molecule has 1 aliphatic rings. The first kappa shape index (κ1) is 16.0. The number of hydrogen-bond acceptors (Lipinski definition) is 5. The fourth-order valence-electron chi connectivity index (χ4n) is 2.73. The van der Waals surface area contributed by atoms with Crippen LogP contribution in [0.3, 0.4) is 0 Å². The molecule has 0 aromatic carbocycles. The van der Waals surface area contributed by atoms with Gasteiger partial charge in [0.2, 0.25) is 11.1 Å². The van der Waals surface area contributed by atoms with Crippen LogP contribution < -0.4 is 0 Å². The molecule has 0 N–H and O–H groups in total. The molecule has 1 aliphatic heterocycles. The van der Waals surface area contributed by atoms with Gasteiger partial charge in [-0.05, 0) is 30.2 Å². The number of rotatable bonds is 4. The van der Waals surface area contributed by atoms with Crippen LogP contribution in [0.1, 0.15) is 16.8 Å². The lowest BCUT2D eigenvalue weighted by atomic mass is 10.1. The average molecular weight is 335 g/mol. The first-order chi connectivity index (χ1) is 11.1. The molecule has 0 atom stereocenters. The molecule has 122 valence electrons. The quantitative estimate of drug-likeness (QED) is 0.854. The Balaban J connectivity index is 1.51. The molecule has 1 amide bonds. The molecule has 1 fully saturated rings. The van der Waals surface area contributed by atoms with Gasteiger partial charge in [-0.15, -0.1) is 0 Å². The highest BCUT2D eigenvalue weighted by Gasteiger charge is 2.23. The highest BCUT2D eigenvalue weighted by atomic mass is 35.5. The number of aryl methyl sites for hydroxylation is 1. The predicted molar refractivity (Wildman–Crippen MR) is 86.0 cm³/mol. The fraction of sp³-hybridized carbons (Fsp3) is 0.438. The Morgan fingerprint density at radius 1 is 1.35 bits per heavy atom. The number of pyridine rings is 1. The molecule has 0 radical (unpaired) electrons. The van der Waals surface area contributed by atoms with E-state index >= 15 is 0 Å². The summed E-state index contributed by atoms with van der Waals surface area (Å²) in [5, 5.41) is 4.00. The third-order valence-electron chi connectivity index (χ3n) is 4.12. The van der Waals surface area contributed by atoms with E-state index in [0.717, 1.165) is 32.7 Å².